The zero-order chi connectivity index (χ0) is 32.3. The normalized spacial score (nSPS) is 14.5. The molecule has 10 heteroatoms. The van der Waals surface area contributed by atoms with Crippen molar-refractivity contribution in [3.05, 3.63) is 124 Å². The molecular formula is C36H37F3N6O. The Hall–Kier alpha value is -4.54. The van der Waals surface area contributed by atoms with E-state index in [1.165, 1.54) is 12.1 Å². The molecule has 238 valence electrons. The van der Waals surface area contributed by atoms with Crippen LogP contribution in [0.1, 0.15) is 43.9 Å². The van der Waals surface area contributed by atoms with Gasteiger partial charge < -0.3 is 10.2 Å². The van der Waals surface area contributed by atoms with E-state index in [4.69, 9.17) is 0 Å². The quantitative estimate of drug-likeness (QED) is 0.212. The highest BCUT2D eigenvalue weighted by molar-refractivity contribution is 5.94. The van der Waals surface area contributed by atoms with Gasteiger partial charge in [0.1, 0.15) is 0 Å². The summed E-state index contributed by atoms with van der Waals surface area (Å²) in [5, 5.41) is 7.37. The first-order chi connectivity index (χ1) is 22.2. The molecule has 0 spiro atoms. The zero-order valence-corrected chi connectivity index (χ0v) is 26.0. The molecule has 1 N–H and O–H groups in total. The van der Waals surface area contributed by atoms with Crippen molar-refractivity contribution in [2.75, 3.05) is 33.2 Å². The average molecular weight is 627 g/mol. The molecule has 5 aromatic rings. The molecule has 1 saturated heterocycles. The third-order valence-corrected chi connectivity index (χ3v) is 8.75. The highest BCUT2D eigenvalue weighted by Gasteiger charge is 2.34. The van der Waals surface area contributed by atoms with Gasteiger partial charge in [0.05, 0.1) is 17.5 Å². The SMILES string of the molecule is Cc1ccc(C(=O)NCc2ccc(CN3CCN(C)CC3)c(-c3ccccc3C(F)(F)F)c2)cc1CCc1cnc2cccnn12. The summed E-state index contributed by atoms with van der Waals surface area (Å²) in [6.45, 7) is 6.29. The number of hydrogen-bond donors (Lipinski definition) is 1. The van der Waals surface area contributed by atoms with Crippen molar-refractivity contribution in [1.29, 1.82) is 0 Å². The Balaban J connectivity index is 1.20. The van der Waals surface area contributed by atoms with E-state index in [1.54, 1.807) is 24.4 Å². The van der Waals surface area contributed by atoms with Crippen LogP contribution in [0.3, 0.4) is 0 Å². The van der Waals surface area contributed by atoms with Gasteiger partial charge in [0.25, 0.3) is 5.91 Å². The second-order valence-corrected chi connectivity index (χ2v) is 12.0. The average Bonchev–Trinajstić information content (AvgIpc) is 3.47. The Morgan fingerprint density at radius 3 is 2.50 bits per heavy atom. The molecule has 2 aromatic heterocycles. The number of carbonyl (C=O) groups is 1. The summed E-state index contributed by atoms with van der Waals surface area (Å²) in [5.41, 5.74) is 6.04. The predicted octanol–water partition coefficient (Wildman–Crippen LogP) is 6.19. The molecule has 0 atom stereocenters. The lowest BCUT2D eigenvalue weighted by Gasteiger charge is -2.33. The second-order valence-electron chi connectivity index (χ2n) is 12.0. The van der Waals surface area contributed by atoms with Crippen molar-refractivity contribution >= 4 is 11.6 Å². The van der Waals surface area contributed by atoms with Crippen LogP contribution in [-0.4, -0.2) is 63.5 Å². The van der Waals surface area contributed by atoms with Crippen LogP contribution in [0.4, 0.5) is 13.2 Å². The number of amides is 1. The molecule has 1 aliphatic rings. The maximum atomic E-state index is 14.1. The fourth-order valence-corrected chi connectivity index (χ4v) is 6.01. The molecule has 0 radical (unpaired) electrons. The summed E-state index contributed by atoms with van der Waals surface area (Å²) in [7, 11) is 2.07. The van der Waals surface area contributed by atoms with Crippen molar-refractivity contribution in [3.63, 3.8) is 0 Å². The van der Waals surface area contributed by atoms with Crippen molar-refractivity contribution in [1.82, 2.24) is 29.7 Å². The number of halogens is 3. The molecule has 46 heavy (non-hydrogen) atoms. The minimum atomic E-state index is -4.49. The van der Waals surface area contributed by atoms with E-state index in [0.29, 0.717) is 30.5 Å². The molecule has 3 aromatic carbocycles. The van der Waals surface area contributed by atoms with Gasteiger partial charge in [0.15, 0.2) is 5.65 Å². The molecule has 0 aliphatic carbocycles. The van der Waals surface area contributed by atoms with Gasteiger partial charge in [-0.15, -0.1) is 0 Å². The summed E-state index contributed by atoms with van der Waals surface area (Å²) < 4.78 is 44.1. The number of fused-ring (bicyclic) bond motifs is 1. The van der Waals surface area contributed by atoms with Gasteiger partial charge in [0, 0.05) is 51.0 Å². The van der Waals surface area contributed by atoms with E-state index < -0.39 is 11.7 Å². The maximum Gasteiger partial charge on any atom is 0.417 e. The van der Waals surface area contributed by atoms with Gasteiger partial charge in [0.2, 0.25) is 0 Å². The zero-order valence-electron chi connectivity index (χ0n) is 26.0. The summed E-state index contributed by atoms with van der Waals surface area (Å²) in [5.74, 6) is -0.239. The fraction of sp³-hybridized carbons (Fsp3) is 0.306. The van der Waals surface area contributed by atoms with Gasteiger partial charge >= 0.3 is 6.18 Å². The van der Waals surface area contributed by atoms with E-state index in [1.807, 2.05) is 54.0 Å². The molecule has 3 heterocycles. The number of carbonyl (C=O) groups excluding carboxylic acids is 1. The monoisotopic (exact) mass is 626 g/mol. The van der Waals surface area contributed by atoms with E-state index in [-0.39, 0.29) is 18.0 Å². The Morgan fingerprint density at radius 2 is 1.70 bits per heavy atom. The number of benzene rings is 3. The summed E-state index contributed by atoms with van der Waals surface area (Å²) in [6, 6.07) is 20.7. The minimum Gasteiger partial charge on any atom is -0.348 e. The topological polar surface area (TPSA) is 65.8 Å². The lowest BCUT2D eigenvalue weighted by Crippen LogP contribution is -2.43. The van der Waals surface area contributed by atoms with Gasteiger partial charge in [-0.25, -0.2) is 9.50 Å². The minimum absolute atomic E-state index is 0.150. The third-order valence-electron chi connectivity index (χ3n) is 8.75. The van der Waals surface area contributed by atoms with Crippen molar-refractivity contribution < 1.29 is 18.0 Å². The van der Waals surface area contributed by atoms with E-state index in [9.17, 15) is 18.0 Å². The lowest BCUT2D eigenvalue weighted by atomic mass is 9.93. The number of imidazole rings is 1. The highest BCUT2D eigenvalue weighted by Crippen LogP contribution is 2.39. The van der Waals surface area contributed by atoms with Crippen LogP contribution < -0.4 is 5.32 Å². The van der Waals surface area contributed by atoms with Crippen LogP contribution in [0.5, 0.6) is 0 Å². The Morgan fingerprint density at radius 1 is 0.891 bits per heavy atom. The highest BCUT2D eigenvalue weighted by atomic mass is 19.4. The number of piperazine rings is 1. The second kappa shape index (κ2) is 13.4. The first-order valence-corrected chi connectivity index (χ1v) is 15.5. The molecule has 6 rings (SSSR count). The Labute approximate surface area is 266 Å². The van der Waals surface area contributed by atoms with Gasteiger partial charge in [-0.2, -0.15) is 18.3 Å². The molecule has 1 aliphatic heterocycles. The smallest absolute Gasteiger partial charge is 0.348 e. The van der Waals surface area contributed by atoms with Crippen LogP contribution in [-0.2, 0) is 32.1 Å². The molecule has 7 nitrogen and oxygen atoms in total. The van der Waals surface area contributed by atoms with Gasteiger partial charge in [-0.05, 0) is 96.6 Å². The number of hydrogen-bond acceptors (Lipinski definition) is 5. The lowest BCUT2D eigenvalue weighted by molar-refractivity contribution is -0.137. The molecular weight excluding hydrogens is 589 g/mol. The number of rotatable bonds is 9. The number of aromatic nitrogens is 3. The Kier molecular flexibility index (Phi) is 9.19. The van der Waals surface area contributed by atoms with Crippen molar-refractivity contribution in [2.24, 2.45) is 0 Å². The largest absolute Gasteiger partial charge is 0.417 e. The van der Waals surface area contributed by atoms with Crippen LogP contribution >= 0.6 is 0 Å². The van der Waals surface area contributed by atoms with Crippen molar-refractivity contribution in [2.45, 2.75) is 39.0 Å². The predicted molar refractivity (Wildman–Crippen MR) is 172 cm³/mol. The molecule has 1 fully saturated rings. The number of nitrogens with zero attached hydrogens (tertiary/aromatic N) is 5. The van der Waals surface area contributed by atoms with Crippen LogP contribution in [0.2, 0.25) is 0 Å². The van der Waals surface area contributed by atoms with E-state index in [0.717, 1.165) is 65.8 Å². The number of alkyl halides is 3. The fourth-order valence-electron chi connectivity index (χ4n) is 6.01. The van der Waals surface area contributed by atoms with Crippen LogP contribution in [0, 0.1) is 6.92 Å². The van der Waals surface area contributed by atoms with Crippen LogP contribution in [0.25, 0.3) is 16.8 Å². The first-order valence-electron chi connectivity index (χ1n) is 15.5. The number of nitrogens with one attached hydrogen (secondary N) is 1. The number of aryl methyl sites for hydroxylation is 3. The number of likely N-dealkylation sites (N-methyl/N-ethyl adjacent to an activating group) is 1. The molecule has 1 amide bonds. The van der Waals surface area contributed by atoms with Gasteiger partial charge in [-0.3, -0.25) is 9.69 Å². The maximum absolute atomic E-state index is 14.1. The van der Waals surface area contributed by atoms with Gasteiger partial charge in [-0.1, -0.05) is 36.4 Å². The summed E-state index contributed by atoms with van der Waals surface area (Å²) >= 11 is 0. The standard InChI is InChI=1S/C36H37F3N6O/c1-25-9-11-28(21-27(25)13-14-30-23-40-34-8-5-15-42-45(30)34)35(46)41-22-26-10-12-29(24-44-18-16-43(2)17-19-44)32(20-26)31-6-3-4-7-33(31)36(37,38)39/h3-12,15,20-21,23H,13-14,16-19,22,24H2,1-2H3,(H,41,46). The summed E-state index contributed by atoms with van der Waals surface area (Å²) in [6.07, 6.45) is 0.497. The van der Waals surface area contributed by atoms with E-state index in [2.05, 4.69) is 32.2 Å². The molecule has 0 bridgehead atoms. The first kappa shape index (κ1) is 31.4. The molecule has 0 saturated carbocycles. The summed E-state index contributed by atoms with van der Waals surface area (Å²) in [4.78, 5) is 22.2. The Bertz CT molecular complexity index is 1840. The third kappa shape index (κ3) is 7.13. The van der Waals surface area contributed by atoms with E-state index >= 15 is 0 Å². The molecule has 0 unspecified atom stereocenters. The van der Waals surface area contributed by atoms with Crippen LogP contribution in [0.15, 0.2) is 85.2 Å². The van der Waals surface area contributed by atoms with Crippen molar-refractivity contribution in [3.8, 4) is 11.1 Å².